The Kier molecular flexibility index (Phi) is 5.06. The molecule has 2 bridgehead atoms. The average molecular weight is 385 g/mol. The second-order valence-corrected chi connectivity index (χ2v) is 8.00. The normalized spacial score (nSPS) is 24.8. The Morgan fingerprint density at radius 3 is 2.81 bits per heavy atom. The maximum absolute atomic E-state index is 12.7. The molecule has 1 aromatic heterocycles. The number of halogens is 1. The van der Waals surface area contributed by atoms with Crippen molar-refractivity contribution in [2.24, 2.45) is 7.05 Å². The zero-order valence-corrected chi connectivity index (χ0v) is 16.5. The van der Waals surface area contributed by atoms with E-state index >= 15 is 0 Å². The van der Waals surface area contributed by atoms with Gasteiger partial charge in [-0.1, -0.05) is 35.9 Å². The summed E-state index contributed by atoms with van der Waals surface area (Å²) in [4.78, 5) is 15.2. The van der Waals surface area contributed by atoms with Crippen LogP contribution in [0, 0.1) is 6.92 Å². The first-order valence-corrected chi connectivity index (χ1v) is 9.88. The Morgan fingerprint density at radius 1 is 1.33 bits per heavy atom. The molecule has 0 aliphatic carbocycles. The minimum absolute atomic E-state index is 0.0123. The third-order valence-corrected chi connectivity index (χ3v) is 6.08. The average Bonchev–Trinajstić information content (AvgIpc) is 3.29. The van der Waals surface area contributed by atoms with Gasteiger partial charge in [0.25, 0.3) is 5.91 Å². The number of aromatic nitrogens is 2. The predicted octanol–water partition coefficient (Wildman–Crippen LogP) is 3.43. The number of amides is 1. The van der Waals surface area contributed by atoms with E-state index < -0.39 is 0 Å². The Hall–Kier alpha value is -2.11. The lowest BCUT2D eigenvalue weighted by Crippen LogP contribution is -2.44. The van der Waals surface area contributed by atoms with Crippen LogP contribution in [-0.4, -0.2) is 45.3 Å². The van der Waals surface area contributed by atoms with E-state index in [4.69, 9.17) is 11.6 Å². The molecule has 2 fully saturated rings. The van der Waals surface area contributed by atoms with Crippen molar-refractivity contribution < 1.29 is 4.79 Å². The van der Waals surface area contributed by atoms with Crippen LogP contribution in [0.25, 0.3) is 6.08 Å². The van der Waals surface area contributed by atoms with Crippen LogP contribution in [0.2, 0.25) is 5.02 Å². The summed E-state index contributed by atoms with van der Waals surface area (Å²) in [5.74, 6) is -0.0123. The number of fused-ring (bicyclic) bond motifs is 2. The van der Waals surface area contributed by atoms with Crippen molar-refractivity contribution in [1.82, 2.24) is 20.0 Å². The fourth-order valence-corrected chi connectivity index (χ4v) is 4.66. The summed E-state index contributed by atoms with van der Waals surface area (Å²) in [6, 6.07) is 9.06. The van der Waals surface area contributed by atoms with Gasteiger partial charge in [-0.3, -0.25) is 14.4 Å². The van der Waals surface area contributed by atoms with E-state index in [2.05, 4.69) is 27.5 Å². The fourth-order valence-electron chi connectivity index (χ4n) is 4.54. The molecule has 5 nitrogen and oxygen atoms in total. The molecule has 2 aliphatic heterocycles. The highest BCUT2D eigenvalue weighted by Gasteiger charge is 2.46. The van der Waals surface area contributed by atoms with Gasteiger partial charge in [0.05, 0.1) is 6.20 Å². The molecule has 27 heavy (non-hydrogen) atoms. The second-order valence-electron chi connectivity index (χ2n) is 7.56. The molecular weight excluding hydrogens is 360 g/mol. The molecule has 2 aliphatic rings. The van der Waals surface area contributed by atoms with E-state index in [1.54, 1.807) is 10.9 Å². The van der Waals surface area contributed by atoms with Crippen LogP contribution >= 0.6 is 11.6 Å². The van der Waals surface area contributed by atoms with E-state index in [9.17, 15) is 4.79 Å². The summed E-state index contributed by atoms with van der Waals surface area (Å²) < 4.78 is 1.66. The van der Waals surface area contributed by atoms with E-state index in [0.29, 0.717) is 17.8 Å². The molecular formula is C21H25ClN4O. The smallest absolute Gasteiger partial charge is 0.270 e. The van der Waals surface area contributed by atoms with E-state index in [0.717, 1.165) is 35.5 Å². The molecule has 0 unspecified atom stereocenters. The zero-order valence-electron chi connectivity index (χ0n) is 15.7. The van der Waals surface area contributed by atoms with Gasteiger partial charge < -0.3 is 5.32 Å². The molecule has 1 amide bonds. The van der Waals surface area contributed by atoms with Crippen molar-refractivity contribution >= 4 is 23.6 Å². The number of hydrogen-bond donors (Lipinski definition) is 1. The molecule has 1 N–H and O–H groups in total. The van der Waals surface area contributed by atoms with Crippen LogP contribution in [-0.2, 0) is 7.05 Å². The van der Waals surface area contributed by atoms with E-state index in [-0.39, 0.29) is 11.9 Å². The number of carbonyl (C=O) groups excluding carboxylic acids is 1. The van der Waals surface area contributed by atoms with Crippen LogP contribution in [0.1, 0.15) is 40.9 Å². The number of carbonyl (C=O) groups is 1. The summed E-state index contributed by atoms with van der Waals surface area (Å²) in [5, 5.41) is 8.19. The molecule has 0 radical (unpaired) electrons. The van der Waals surface area contributed by atoms with Crippen molar-refractivity contribution in [3.8, 4) is 0 Å². The third kappa shape index (κ3) is 3.66. The Labute approximate surface area is 165 Å². The first-order valence-electron chi connectivity index (χ1n) is 9.50. The predicted molar refractivity (Wildman–Crippen MR) is 108 cm³/mol. The topological polar surface area (TPSA) is 50.2 Å². The summed E-state index contributed by atoms with van der Waals surface area (Å²) in [5.41, 5.74) is 2.73. The first-order chi connectivity index (χ1) is 13.0. The fraction of sp³-hybridized carbons (Fsp3) is 0.429. The highest BCUT2D eigenvalue weighted by atomic mass is 35.5. The van der Waals surface area contributed by atoms with Gasteiger partial charge in [0.1, 0.15) is 5.69 Å². The van der Waals surface area contributed by atoms with Crippen LogP contribution in [0.4, 0.5) is 0 Å². The van der Waals surface area contributed by atoms with Gasteiger partial charge in [0, 0.05) is 36.7 Å². The lowest BCUT2D eigenvalue weighted by atomic mass is 9.95. The number of benzene rings is 1. The van der Waals surface area contributed by atoms with Crippen molar-refractivity contribution in [3.05, 3.63) is 58.4 Å². The van der Waals surface area contributed by atoms with Gasteiger partial charge in [-0.05, 0) is 49.4 Å². The summed E-state index contributed by atoms with van der Waals surface area (Å²) >= 11 is 5.94. The molecule has 0 saturated carbocycles. The Bertz CT molecular complexity index is 838. The van der Waals surface area contributed by atoms with Crippen molar-refractivity contribution in [1.29, 1.82) is 0 Å². The highest BCUT2D eigenvalue weighted by Crippen LogP contribution is 2.37. The molecule has 2 saturated heterocycles. The van der Waals surface area contributed by atoms with Gasteiger partial charge in [-0.15, -0.1) is 0 Å². The molecule has 142 valence electrons. The standard InChI is InChI=1S/C21H25ClN4O/c1-14-13-23-25(2)20(14)21(27)24-18-12-17-9-10-19(18)26(17)11-3-4-15-5-7-16(22)8-6-15/h3-8,13,17-19H,9-12H2,1-2H3,(H,24,27)/t17-,18+,19+/m0/s1. The number of nitrogens with one attached hydrogen (secondary N) is 1. The van der Waals surface area contributed by atoms with Crippen LogP contribution < -0.4 is 5.32 Å². The molecule has 4 rings (SSSR count). The highest BCUT2D eigenvalue weighted by molar-refractivity contribution is 6.30. The van der Waals surface area contributed by atoms with Crippen LogP contribution in [0.3, 0.4) is 0 Å². The van der Waals surface area contributed by atoms with Crippen molar-refractivity contribution in [3.63, 3.8) is 0 Å². The van der Waals surface area contributed by atoms with Crippen LogP contribution in [0.15, 0.2) is 36.5 Å². The minimum Gasteiger partial charge on any atom is -0.346 e. The van der Waals surface area contributed by atoms with Gasteiger partial charge in [0.2, 0.25) is 0 Å². The Morgan fingerprint density at radius 2 is 2.11 bits per heavy atom. The molecule has 1 aromatic carbocycles. The number of rotatable bonds is 5. The van der Waals surface area contributed by atoms with E-state index in [1.165, 1.54) is 6.42 Å². The SMILES string of the molecule is Cc1cnn(C)c1C(=O)N[C@@H]1C[C@@H]2CC[C@H]1N2CC=Cc1ccc(Cl)cc1. The van der Waals surface area contributed by atoms with Crippen molar-refractivity contribution in [2.75, 3.05) is 6.54 Å². The van der Waals surface area contributed by atoms with Gasteiger partial charge in [0.15, 0.2) is 0 Å². The third-order valence-electron chi connectivity index (χ3n) is 5.83. The lowest BCUT2D eigenvalue weighted by Gasteiger charge is -2.24. The maximum Gasteiger partial charge on any atom is 0.270 e. The summed E-state index contributed by atoms with van der Waals surface area (Å²) in [6.45, 7) is 2.84. The molecule has 3 heterocycles. The lowest BCUT2D eigenvalue weighted by molar-refractivity contribution is 0.0916. The Balaban J connectivity index is 1.38. The first kappa shape index (κ1) is 18.3. The molecule has 6 heteroatoms. The number of hydrogen-bond acceptors (Lipinski definition) is 3. The van der Waals surface area contributed by atoms with Gasteiger partial charge in [-0.2, -0.15) is 5.10 Å². The maximum atomic E-state index is 12.7. The second kappa shape index (κ2) is 7.49. The minimum atomic E-state index is -0.0123. The van der Waals surface area contributed by atoms with Crippen LogP contribution in [0.5, 0.6) is 0 Å². The van der Waals surface area contributed by atoms with Crippen molar-refractivity contribution in [2.45, 2.75) is 44.3 Å². The van der Waals surface area contributed by atoms with E-state index in [1.807, 2.05) is 38.2 Å². The zero-order chi connectivity index (χ0) is 19.0. The largest absolute Gasteiger partial charge is 0.346 e. The number of aryl methyl sites for hydroxylation is 2. The summed E-state index contributed by atoms with van der Waals surface area (Å²) in [7, 11) is 1.82. The molecule has 0 spiro atoms. The van der Waals surface area contributed by atoms with Gasteiger partial charge >= 0.3 is 0 Å². The molecule has 2 aromatic rings. The monoisotopic (exact) mass is 384 g/mol. The summed E-state index contributed by atoms with van der Waals surface area (Å²) in [6.07, 6.45) is 9.49. The number of nitrogens with zero attached hydrogens (tertiary/aromatic N) is 3. The quantitative estimate of drug-likeness (QED) is 0.859. The molecule has 3 atom stereocenters. The van der Waals surface area contributed by atoms with Gasteiger partial charge in [-0.25, -0.2) is 0 Å².